The molecule has 106 valence electrons. The number of nitrogens with one attached hydrogen (secondary N) is 2. The van der Waals surface area contributed by atoms with Gasteiger partial charge in [-0.3, -0.25) is 5.10 Å². The lowest BCUT2D eigenvalue weighted by molar-refractivity contribution is 0.0237. The van der Waals surface area contributed by atoms with Crippen LogP contribution in [-0.4, -0.2) is 39.5 Å². The molecule has 2 aromatic rings. The molecule has 1 saturated heterocycles. The van der Waals surface area contributed by atoms with Crippen LogP contribution >= 0.6 is 0 Å². The highest BCUT2D eigenvalue weighted by atomic mass is 16.5. The topological polar surface area (TPSA) is 85.0 Å². The number of anilines is 2. The van der Waals surface area contributed by atoms with Crippen molar-refractivity contribution >= 4 is 11.5 Å². The van der Waals surface area contributed by atoms with Crippen molar-refractivity contribution in [3.05, 3.63) is 24.3 Å². The van der Waals surface area contributed by atoms with E-state index in [0.717, 1.165) is 37.4 Å². The van der Waals surface area contributed by atoms with Crippen LogP contribution < -0.4 is 10.1 Å². The van der Waals surface area contributed by atoms with Gasteiger partial charge in [0, 0.05) is 18.9 Å². The Bertz CT molecular complexity index is 565. The predicted molar refractivity (Wildman–Crippen MR) is 73.1 cm³/mol. The van der Waals surface area contributed by atoms with Crippen LogP contribution in [0.5, 0.6) is 5.88 Å². The van der Waals surface area contributed by atoms with Crippen molar-refractivity contribution in [1.29, 1.82) is 0 Å². The number of aromatic amines is 1. The third-order valence-electron chi connectivity index (χ3n) is 3.19. The summed E-state index contributed by atoms with van der Waals surface area (Å²) in [7, 11) is 0. The molecule has 0 unspecified atom stereocenters. The highest BCUT2D eigenvalue weighted by Crippen LogP contribution is 2.21. The second-order valence-electron chi connectivity index (χ2n) is 4.70. The summed E-state index contributed by atoms with van der Waals surface area (Å²) in [6.07, 6.45) is 5.17. The Morgan fingerprint density at radius 1 is 1.35 bits per heavy atom. The lowest BCUT2D eigenvalue weighted by atomic mass is 10.2. The first-order valence-corrected chi connectivity index (χ1v) is 6.65. The van der Waals surface area contributed by atoms with Crippen LogP contribution in [0.3, 0.4) is 0 Å². The fraction of sp³-hybridized carbons (Fsp3) is 0.462. The van der Waals surface area contributed by atoms with E-state index in [1.807, 2.05) is 6.92 Å². The van der Waals surface area contributed by atoms with Gasteiger partial charge < -0.3 is 14.8 Å². The Morgan fingerprint density at radius 2 is 2.20 bits per heavy atom. The summed E-state index contributed by atoms with van der Waals surface area (Å²) >= 11 is 0. The normalized spacial score (nSPS) is 16.1. The molecular formula is C13H17N5O2. The van der Waals surface area contributed by atoms with Gasteiger partial charge in [0.25, 0.3) is 0 Å². The Labute approximate surface area is 116 Å². The van der Waals surface area contributed by atoms with Crippen LogP contribution in [0.4, 0.5) is 11.5 Å². The van der Waals surface area contributed by atoms with Gasteiger partial charge in [0.1, 0.15) is 18.2 Å². The first kappa shape index (κ1) is 12.9. The van der Waals surface area contributed by atoms with Gasteiger partial charge in [0.05, 0.1) is 30.8 Å². The van der Waals surface area contributed by atoms with E-state index in [1.165, 1.54) is 6.33 Å². The molecule has 0 bridgehead atoms. The summed E-state index contributed by atoms with van der Waals surface area (Å²) in [5, 5.41) is 10.0. The van der Waals surface area contributed by atoms with Gasteiger partial charge in [0.2, 0.25) is 5.88 Å². The zero-order valence-electron chi connectivity index (χ0n) is 11.3. The maximum atomic E-state index is 5.85. The minimum Gasteiger partial charge on any atom is -0.474 e. The molecule has 0 spiro atoms. The molecule has 7 heteroatoms. The van der Waals surface area contributed by atoms with Crippen molar-refractivity contribution in [3.63, 3.8) is 0 Å². The number of nitrogens with zero attached hydrogens (tertiary/aromatic N) is 3. The Balaban J connectivity index is 1.67. The fourth-order valence-corrected chi connectivity index (χ4v) is 2.05. The molecule has 0 aromatic carbocycles. The fourth-order valence-electron chi connectivity index (χ4n) is 2.05. The van der Waals surface area contributed by atoms with Crippen molar-refractivity contribution in [2.24, 2.45) is 0 Å². The Hall–Kier alpha value is -2.15. The molecule has 3 rings (SSSR count). The van der Waals surface area contributed by atoms with Crippen LogP contribution in [0.25, 0.3) is 0 Å². The first-order chi connectivity index (χ1) is 9.81. The second kappa shape index (κ2) is 5.87. The van der Waals surface area contributed by atoms with E-state index >= 15 is 0 Å². The van der Waals surface area contributed by atoms with Gasteiger partial charge in [-0.25, -0.2) is 9.97 Å². The number of hydrogen-bond acceptors (Lipinski definition) is 6. The molecule has 3 heterocycles. The quantitative estimate of drug-likeness (QED) is 0.885. The predicted octanol–water partition coefficient (Wildman–Crippen LogP) is 1.81. The molecule has 7 nitrogen and oxygen atoms in total. The van der Waals surface area contributed by atoms with Crippen LogP contribution in [0.2, 0.25) is 0 Å². The van der Waals surface area contributed by atoms with Crippen molar-refractivity contribution < 1.29 is 9.47 Å². The zero-order valence-corrected chi connectivity index (χ0v) is 11.3. The van der Waals surface area contributed by atoms with Gasteiger partial charge >= 0.3 is 0 Å². The summed E-state index contributed by atoms with van der Waals surface area (Å²) in [5.41, 5.74) is 1.84. The first-order valence-electron chi connectivity index (χ1n) is 6.65. The lowest BCUT2D eigenvalue weighted by Crippen LogP contribution is -2.26. The Kier molecular flexibility index (Phi) is 3.78. The van der Waals surface area contributed by atoms with Gasteiger partial charge in [-0.1, -0.05) is 0 Å². The number of hydrogen-bond donors (Lipinski definition) is 2. The smallest absolute Gasteiger partial charge is 0.218 e. The van der Waals surface area contributed by atoms with Crippen LogP contribution in [0.1, 0.15) is 18.5 Å². The molecule has 2 aromatic heterocycles. The minimum atomic E-state index is 0.169. The Morgan fingerprint density at radius 3 is 2.95 bits per heavy atom. The lowest BCUT2D eigenvalue weighted by Gasteiger charge is -2.22. The van der Waals surface area contributed by atoms with E-state index in [2.05, 4.69) is 25.5 Å². The molecule has 20 heavy (non-hydrogen) atoms. The third-order valence-corrected chi connectivity index (χ3v) is 3.19. The molecule has 0 radical (unpaired) electrons. The second-order valence-corrected chi connectivity index (χ2v) is 4.70. The van der Waals surface area contributed by atoms with Gasteiger partial charge in [-0.05, 0) is 6.92 Å². The molecule has 1 aliphatic rings. The van der Waals surface area contributed by atoms with Crippen molar-refractivity contribution in [2.45, 2.75) is 25.9 Å². The van der Waals surface area contributed by atoms with Crippen molar-refractivity contribution in [1.82, 2.24) is 20.2 Å². The average Bonchev–Trinajstić information content (AvgIpc) is 2.86. The summed E-state index contributed by atoms with van der Waals surface area (Å²) in [6, 6.07) is 1.79. The number of aromatic nitrogens is 4. The van der Waals surface area contributed by atoms with E-state index < -0.39 is 0 Å². The zero-order chi connectivity index (χ0) is 13.8. The van der Waals surface area contributed by atoms with E-state index in [9.17, 15) is 0 Å². The van der Waals surface area contributed by atoms with E-state index in [-0.39, 0.29) is 6.10 Å². The van der Waals surface area contributed by atoms with E-state index in [4.69, 9.17) is 9.47 Å². The van der Waals surface area contributed by atoms with Crippen molar-refractivity contribution in [3.8, 4) is 5.88 Å². The maximum absolute atomic E-state index is 5.85. The van der Waals surface area contributed by atoms with Crippen molar-refractivity contribution in [2.75, 3.05) is 18.5 Å². The number of H-pyrrole nitrogens is 1. The molecule has 0 atom stereocenters. The van der Waals surface area contributed by atoms with Gasteiger partial charge in [0.15, 0.2) is 0 Å². The molecule has 1 aliphatic heterocycles. The minimum absolute atomic E-state index is 0.169. The number of rotatable bonds is 4. The summed E-state index contributed by atoms with van der Waals surface area (Å²) in [4.78, 5) is 8.33. The number of ether oxygens (including phenoxy) is 2. The highest BCUT2D eigenvalue weighted by Gasteiger charge is 2.16. The average molecular weight is 275 g/mol. The third kappa shape index (κ3) is 3.05. The van der Waals surface area contributed by atoms with Crippen LogP contribution in [0.15, 0.2) is 18.6 Å². The monoisotopic (exact) mass is 275 g/mol. The molecule has 2 N–H and O–H groups in total. The van der Waals surface area contributed by atoms with Gasteiger partial charge in [-0.2, -0.15) is 5.10 Å². The summed E-state index contributed by atoms with van der Waals surface area (Å²) in [6.45, 7) is 3.43. The number of aryl methyl sites for hydroxylation is 1. The largest absolute Gasteiger partial charge is 0.474 e. The molecule has 0 aliphatic carbocycles. The summed E-state index contributed by atoms with van der Waals surface area (Å²) < 4.78 is 11.2. The molecule has 1 fully saturated rings. The highest BCUT2D eigenvalue weighted by molar-refractivity contribution is 5.57. The maximum Gasteiger partial charge on any atom is 0.218 e. The van der Waals surface area contributed by atoms with E-state index in [0.29, 0.717) is 11.7 Å². The molecule has 0 amide bonds. The van der Waals surface area contributed by atoms with E-state index in [1.54, 1.807) is 12.3 Å². The standard InChI is InChI=1S/C13H17N5O2/c1-9-11(7-16-18-9)17-12-6-13(15-8-14-12)20-10-2-4-19-5-3-10/h6-8,10H,2-5H2,1H3,(H,16,18)(H,14,15,17). The molecular weight excluding hydrogens is 258 g/mol. The molecule has 0 saturated carbocycles. The van der Waals surface area contributed by atoms with Crippen LogP contribution in [0, 0.1) is 6.92 Å². The summed E-state index contributed by atoms with van der Waals surface area (Å²) in [5.74, 6) is 1.27. The van der Waals surface area contributed by atoms with Crippen LogP contribution in [-0.2, 0) is 4.74 Å². The van der Waals surface area contributed by atoms with Gasteiger partial charge in [-0.15, -0.1) is 0 Å². The SMILES string of the molecule is Cc1[nH]ncc1Nc1cc(OC2CCOCC2)ncn1.